The largest absolute Gasteiger partial charge is 0.467 e. The molecule has 0 saturated heterocycles. The molecule has 0 aromatic heterocycles. The molecular formula is C14H12O3. The lowest BCUT2D eigenvalue weighted by Gasteiger charge is -2.08. The van der Waals surface area contributed by atoms with Gasteiger partial charge in [-0.25, -0.2) is 0 Å². The van der Waals surface area contributed by atoms with E-state index in [1.54, 1.807) is 36.4 Å². The molecular weight excluding hydrogens is 216 g/mol. The monoisotopic (exact) mass is 228 g/mol. The fourth-order valence-corrected chi connectivity index (χ4v) is 1.59. The summed E-state index contributed by atoms with van der Waals surface area (Å²) < 4.78 is 5.01. The van der Waals surface area contributed by atoms with Crippen LogP contribution in [-0.4, -0.2) is 17.7 Å². The van der Waals surface area contributed by atoms with Crippen LogP contribution in [0, 0.1) is 0 Å². The van der Waals surface area contributed by atoms with Gasteiger partial charge in [0.25, 0.3) is 0 Å². The lowest BCUT2D eigenvalue weighted by Crippen LogP contribution is -2.05. The first-order valence-corrected chi connectivity index (χ1v) is 5.25. The van der Waals surface area contributed by atoms with Crippen LogP contribution in [0.3, 0.4) is 0 Å². The Hall–Kier alpha value is -2.13. The van der Waals surface area contributed by atoms with Crippen molar-refractivity contribution in [1.82, 2.24) is 0 Å². The van der Waals surface area contributed by atoms with Gasteiger partial charge in [0, 0.05) is 5.56 Å². The number of benzene rings is 2. The minimum Gasteiger partial charge on any atom is -0.467 e. The first-order chi connectivity index (χ1) is 8.33. The molecule has 0 heterocycles. The summed E-state index contributed by atoms with van der Waals surface area (Å²) in [5, 5.41) is 8.76. The van der Waals surface area contributed by atoms with Crippen molar-refractivity contribution < 1.29 is 14.6 Å². The zero-order valence-electron chi connectivity index (χ0n) is 9.17. The van der Waals surface area contributed by atoms with Crippen molar-refractivity contribution >= 4 is 5.78 Å². The summed E-state index contributed by atoms with van der Waals surface area (Å²) in [5.74, 6) is 0.276. The van der Waals surface area contributed by atoms with Gasteiger partial charge in [-0.3, -0.25) is 4.79 Å². The van der Waals surface area contributed by atoms with Crippen molar-refractivity contribution in [2.24, 2.45) is 0 Å². The number of ether oxygens (including phenoxy) is 1. The molecule has 2 rings (SSSR count). The van der Waals surface area contributed by atoms with E-state index in [1.165, 1.54) is 0 Å². The number of carbonyl (C=O) groups excluding carboxylic acids is 1. The van der Waals surface area contributed by atoms with Crippen molar-refractivity contribution in [3.05, 3.63) is 65.7 Å². The maximum absolute atomic E-state index is 12.2. The Morgan fingerprint density at radius 2 is 1.65 bits per heavy atom. The SMILES string of the molecule is O=C(c1ccccc1)c1ccccc1OCO. The lowest BCUT2D eigenvalue weighted by molar-refractivity contribution is 0.0936. The molecule has 3 heteroatoms. The maximum atomic E-state index is 12.2. The Balaban J connectivity index is 2.37. The van der Waals surface area contributed by atoms with Crippen LogP contribution in [0.15, 0.2) is 54.6 Å². The van der Waals surface area contributed by atoms with Gasteiger partial charge in [-0.1, -0.05) is 42.5 Å². The average molecular weight is 228 g/mol. The molecule has 0 aliphatic rings. The molecule has 0 aliphatic carbocycles. The first-order valence-electron chi connectivity index (χ1n) is 5.25. The van der Waals surface area contributed by atoms with Gasteiger partial charge in [-0.15, -0.1) is 0 Å². The van der Waals surface area contributed by atoms with Crippen LogP contribution >= 0.6 is 0 Å². The molecule has 1 N–H and O–H groups in total. The highest BCUT2D eigenvalue weighted by Crippen LogP contribution is 2.21. The molecule has 0 fully saturated rings. The second-order valence-electron chi connectivity index (χ2n) is 3.46. The third kappa shape index (κ3) is 2.52. The number of aliphatic hydroxyl groups is 1. The summed E-state index contributed by atoms with van der Waals surface area (Å²) >= 11 is 0. The highest BCUT2D eigenvalue weighted by molar-refractivity contribution is 6.10. The fraction of sp³-hybridized carbons (Fsp3) is 0.0714. The summed E-state index contributed by atoms with van der Waals surface area (Å²) in [6.07, 6.45) is 0. The minimum atomic E-state index is -0.445. The summed E-state index contributed by atoms with van der Waals surface area (Å²) in [6.45, 7) is -0.445. The third-order valence-electron chi connectivity index (χ3n) is 2.39. The van der Waals surface area contributed by atoms with E-state index in [2.05, 4.69) is 0 Å². The summed E-state index contributed by atoms with van der Waals surface area (Å²) in [4.78, 5) is 12.2. The van der Waals surface area contributed by atoms with Crippen LogP contribution in [0.1, 0.15) is 15.9 Å². The number of aliphatic hydroxyl groups excluding tert-OH is 1. The number of para-hydroxylation sites is 1. The van der Waals surface area contributed by atoms with Gasteiger partial charge in [0.1, 0.15) is 5.75 Å². The van der Waals surface area contributed by atoms with Gasteiger partial charge in [0.05, 0.1) is 5.56 Å². The number of carbonyl (C=O) groups is 1. The molecule has 2 aromatic carbocycles. The highest BCUT2D eigenvalue weighted by Gasteiger charge is 2.13. The molecule has 0 unspecified atom stereocenters. The van der Waals surface area contributed by atoms with Gasteiger partial charge < -0.3 is 9.84 Å². The van der Waals surface area contributed by atoms with Crippen LogP contribution in [-0.2, 0) is 0 Å². The Morgan fingerprint density at radius 3 is 2.35 bits per heavy atom. The Bertz CT molecular complexity index is 506. The quantitative estimate of drug-likeness (QED) is 0.645. The summed E-state index contributed by atoms with van der Waals surface area (Å²) in [7, 11) is 0. The molecule has 0 spiro atoms. The van der Waals surface area contributed by atoms with E-state index in [0.717, 1.165) is 0 Å². The lowest BCUT2D eigenvalue weighted by atomic mass is 10.0. The number of hydrogen-bond donors (Lipinski definition) is 1. The Labute approximate surface area is 99.3 Å². The highest BCUT2D eigenvalue weighted by atomic mass is 16.6. The third-order valence-corrected chi connectivity index (χ3v) is 2.39. The van der Waals surface area contributed by atoms with Crippen molar-refractivity contribution in [3.63, 3.8) is 0 Å². The van der Waals surface area contributed by atoms with Gasteiger partial charge in [0.15, 0.2) is 12.6 Å². The Kier molecular flexibility index (Phi) is 3.52. The molecule has 0 saturated carbocycles. The average Bonchev–Trinajstić information content (AvgIpc) is 2.40. The van der Waals surface area contributed by atoms with Crippen molar-refractivity contribution in [1.29, 1.82) is 0 Å². The maximum Gasteiger partial charge on any atom is 0.196 e. The predicted octanol–water partition coefficient (Wildman–Crippen LogP) is 2.25. The van der Waals surface area contributed by atoms with Gasteiger partial charge in [0.2, 0.25) is 0 Å². The molecule has 0 amide bonds. The molecule has 0 radical (unpaired) electrons. The summed E-state index contributed by atoms with van der Waals surface area (Å²) in [5.41, 5.74) is 1.05. The first kappa shape index (κ1) is 11.4. The normalized spacial score (nSPS) is 9.94. The number of ketones is 1. The number of rotatable bonds is 4. The Morgan fingerprint density at radius 1 is 1.00 bits per heavy atom. The topological polar surface area (TPSA) is 46.5 Å². The predicted molar refractivity (Wildman–Crippen MR) is 64.0 cm³/mol. The molecule has 0 atom stereocenters. The molecule has 0 bridgehead atoms. The van der Waals surface area contributed by atoms with Crippen LogP contribution in [0.5, 0.6) is 5.75 Å². The van der Waals surface area contributed by atoms with E-state index in [9.17, 15) is 4.79 Å². The van der Waals surface area contributed by atoms with Crippen molar-refractivity contribution in [2.45, 2.75) is 0 Å². The molecule has 86 valence electrons. The van der Waals surface area contributed by atoms with Gasteiger partial charge >= 0.3 is 0 Å². The van der Waals surface area contributed by atoms with E-state index >= 15 is 0 Å². The second kappa shape index (κ2) is 5.27. The van der Waals surface area contributed by atoms with Gasteiger partial charge in [-0.2, -0.15) is 0 Å². The smallest absolute Gasteiger partial charge is 0.196 e. The van der Waals surface area contributed by atoms with Crippen LogP contribution in [0.25, 0.3) is 0 Å². The van der Waals surface area contributed by atoms with Crippen LogP contribution in [0.2, 0.25) is 0 Å². The molecule has 0 aliphatic heterocycles. The van der Waals surface area contributed by atoms with E-state index in [-0.39, 0.29) is 5.78 Å². The van der Waals surface area contributed by atoms with E-state index in [4.69, 9.17) is 9.84 Å². The van der Waals surface area contributed by atoms with E-state index < -0.39 is 6.79 Å². The standard InChI is InChI=1S/C14H12O3/c15-10-17-13-9-5-4-8-12(13)14(16)11-6-2-1-3-7-11/h1-9,15H,10H2. The van der Waals surface area contributed by atoms with E-state index in [1.807, 2.05) is 18.2 Å². The van der Waals surface area contributed by atoms with Crippen molar-refractivity contribution in [3.8, 4) is 5.75 Å². The van der Waals surface area contributed by atoms with Gasteiger partial charge in [-0.05, 0) is 12.1 Å². The summed E-state index contributed by atoms with van der Waals surface area (Å²) in [6, 6.07) is 15.8. The fourth-order valence-electron chi connectivity index (χ4n) is 1.59. The minimum absolute atomic E-state index is 0.116. The molecule has 2 aromatic rings. The van der Waals surface area contributed by atoms with E-state index in [0.29, 0.717) is 16.9 Å². The molecule has 3 nitrogen and oxygen atoms in total. The zero-order chi connectivity index (χ0) is 12.1. The number of hydrogen-bond acceptors (Lipinski definition) is 3. The van der Waals surface area contributed by atoms with Crippen LogP contribution in [0.4, 0.5) is 0 Å². The van der Waals surface area contributed by atoms with Crippen LogP contribution < -0.4 is 4.74 Å². The molecule has 17 heavy (non-hydrogen) atoms. The second-order valence-corrected chi connectivity index (χ2v) is 3.46. The van der Waals surface area contributed by atoms with Crippen molar-refractivity contribution in [2.75, 3.05) is 6.79 Å². The zero-order valence-corrected chi connectivity index (χ0v) is 9.17.